The van der Waals surface area contributed by atoms with Crippen LogP contribution in [0.5, 0.6) is 0 Å². The predicted molar refractivity (Wildman–Crippen MR) is 326 cm³/mol. The Kier molecular flexibility index (Phi) is 62.1. The van der Waals surface area contributed by atoms with Gasteiger partial charge in [0.15, 0.2) is 6.10 Å². The normalized spacial score (nSPS) is 12.2. The van der Waals surface area contributed by atoms with Gasteiger partial charge in [0.05, 0.1) is 0 Å². The van der Waals surface area contributed by atoms with Gasteiger partial charge in [0.1, 0.15) is 13.2 Å². The summed E-state index contributed by atoms with van der Waals surface area (Å²) in [5, 5.41) is 0. The first-order valence-corrected chi connectivity index (χ1v) is 33.5. The molecule has 0 aliphatic heterocycles. The Hall–Kier alpha value is -2.37. The highest BCUT2D eigenvalue weighted by Gasteiger charge is 2.19. The maximum absolute atomic E-state index is 12.8. The average Bonchev–Trinajstić information content (AvgIpc) is 3.41. The zero-order chi connectivity index (χ0) is 54.3. The lowest BCUT2D eigenvalue weighted by Crippen LogP contribution is -2.30. The topological polar surface area (TPSA) is 78.9 Å². The Morgan fingerprint density at radius 1 is 0.267 bits per heavy atom. The lowest BCUT2D eigenvalue weighted by Gasteiger charge is -2.18. The Balaban J connectivity index is 3.96. The molecule has 0 aromatic rings. The average molecular weight is 1050 g/mol. The number of carbonyl (C=O) groups excluding carboxylic acids is 3. The van der Waals surface area contributed by atoms with E-state index in [1.807, 2.05) is 0 Å². The van der Waals surface area contributed by atoms with Crippen molar-refractivity contribution >= 4 is 17.9 Å². The molecule has 0 radical (unpaired) electrons. The Morgan fingerprint density at radius 3 is 0.813 bits per heavy atom. The second-order valence-corrected chi connectivity index (χ2v) is 22.7. The second-order valence-electron chi connectivity index (χ2n) is 22.7. The fraction of sp³-hybridized carbons (Fsp3) is 0.870. The summed E-state index contributed by atoms with van der Waals surface area (Å²) in [7, 11) is 0. The molecule has 0 heterocycles. The molecular formula is C69H128O6. The van der Waals surface area contributed by atoms with Crippen LogP contribution in [0, 0.1) is 0 Å². The van der Waals surface area contributed by atoms with Crippen LogP contribution < -0.4 is 0 Å². The van der Waals surface area contributed by atoms with E-state index in [0.717, 1.165) is 103 Å². The maximum Gasteiger partial charge on any atom is 0.306 e. The molecule has 0 bridgehead atoms. The minimum Gasteiger partial charge on any atom is -0.462 e. The number of hydrogen-bond acceptors (Lipinski definition) is 6. The molecule has 6 nitrogen and oxygen atoms in total. The summed E-state index contributed by atoms with van der Waals surface area (Å²) in [6.45, 7) is 6.54. The van der Waals surface area contributed by atoms with Gasteiger partial charge in [0, 0.05) is 19.3 Å². The fourth-order valence-electron chi connectivity index (χ4n) is 10.1. The van der Waals surface area contributed by atoms with E-state index in [0.29, 0.717) is 19.3 Å². The summed E-state index contributed by atoms with van der Waals surface area (Å²) in [5.74, 6) is -0.886. The highest BCUT2D eigenvalue weighted by molar-refractivity contribution is 5.71. The Bertz CT molecular complexity index is 1250. The van der Waals surface area contributed by atoms with E-state index >= 15 is 0 Å². The molecule has 0 N–H and O–H groups in total. The molecule has 0 rings (SSSR count). The molecule has 0 spiro atoms. The van der Waals surface area contributed by atoms with Crippen LogP contribution in [-0.2, 0) is 28.6 Å². The number of unbranched alkanes of at least 4 members (excludes halogenated alkanes) is 45. The SMILES string of the molecule is CCC/C=C\C/C=C\CCCCCCCC(=O)OC(COC(=O)CCCCCCC/C=C\CCC)COC(=O)CCCCCCCCCCCCCCCCCCCCCCCCCCCCCCCCCCCC. The molecule has 0 saturated carbocycles. The van der Waals surface area contributed by atoms with E-state index in [1.165, 1.54) is 225 Å². The smallest absolute Gasteiger partial charge is 0.306 e. The highest BCUT2D eigenvalue weighted by atomic mass is 16.6. The zero-order valence-electron chi connectivity index (χ0n) is 50.6. The van der Waals surface area contributed by atoms with Crippen LogP contribution in [0.2, 0.25) is 0 Å². The van der Waals surface area contributed by atoms with Gasteiger partial charge in [-0.05, 0) is 64.2 Å². The van der Waals surface area contributed by atoms with Gasteiger partial charge in [-0.2, -0.15) is 0 Å². The zero-order valence-corrected chi connectivity index (χ0v) is 50.6. The molecule has 0 aliphatic rings. The third-order valence-electron chi connectivity index (χ3n) is 15.1. The second kappa shape index (κ2) is 64.2. The number of carbonyl (C=O) groups is 3. The van der Waals surface area contributed by atoms with Crippen LogP contribution in [0.25, 0.3) is 0 Å². The van der Waals surface area contributed by atoms with Crippen molar-refractivity contribution in [3.05, 3.63) is 36.5 Å². The molecule has 6 heteroatoms. The lowest BCUT2D eigenvalue weighted by molar-refractivity contribution is -0.167. The van der Waals surface area contributed by atoms with Crippen molar-refractivity contribution in [2.24, 2.45) is 0 Å². The molecule has 75 heavy (non-hydrogen) atoms. The van der Waals surface area contributed by atoms with Crippen molar-refractivity contribution in [2.45, 2.75) is 374 Å². The minimum absolute atomic E-state index is 0.0772. The maximum atomic E-state index is 12.8. The van der Waals surface area contributed by atoms with E-state index in [2.05, 4.69) is 57.2 Å². The summed E-state index contributed by atoms with van der Waals surface area (Å²) in [6, 6.07) is 0. The number of esters is 3. The van der Waals surface area contributed by atoms with E-state index in [1.54, 1.807) is 0 Å². The molecule has 0 amide bonds. The predicted octanol–water partition coefficient (Wildman–Crippen LogP) is 22.8. The number of allylic oxidation sites excluding steroid dienone is 6. The molecule has 0 aromatic carbocycles. The van der Waals surface area contributed by atoms with Crippen LogP contribution in [0.4, 0.5) is 0 Å². The van der Waals surface area contributed by atoms with Gasteiger partial charge in [0.2, 0.25) is 0 Å². The van der Waals surface area contributed by atoms with Crippen molar-refractivity contribution in [1.82, 2.24) is 0 Å². The number of rotatable bonds is 62. The van der Waals surface area contributed by atoms with Crippen LogP contribution in [0.3, 0.4) is 0 Å². The molecule has 440 valence electrons. The molecule has 1 unspecified atom stereocenters. The first kappa shape index (κ1) is 72.6. The lowest BCUT2D eigenvalue weighted by atomic mass is 10.0. The largest absolute Gasteiger partial charge is 0.462 e. The summed E-state index contributed by atoms with van der Waals surface area (Å²) in [5.41, 5.74) is 0. The Labute approximate surface area is 467 Å². The molecule has 0 aromatic heterocycles. The Morgan fingerprint density at radius 2 is 0.507 bits per heavy atom. The van der Waals surface area contributed by atoms with Crippen LogP contribution in [-0.4, -0.2) is 37.2 Å². The molecule has 0 saturated heterocycles. The van der Waals surface area contributed by atoms with Gasteiger partial charge in [-0.3, -0.25) is 14.4 Å². The third-order valence-corrected chi connectivity index (χ3v) is 15.1. The van der Waals surface area contributed by atoms with E-state index in [4.69, 9.17) is 14.2 Å². The van der Waals surface area contributed by atoms with Crippen LogP contribution >= 0.6 is 0 Å². The molecule has 0 fully saturated rings. The van der Waals surface area contributed by atoms with E-state index in [9.17, 15) is 14.4 Å². The highest BCUT2D eigenvalue weighted by Crippen LogP contribution is 2.18. The van der Waals surface area contributed by atoms with Crippen molar-refractivity contribution in [2.75, 3.05) is 13.2 Å². The quantitative estimate of drug-likeness (QED) is 0.0261. The van der Waals surface area contributed by atoms with Crippen molar-refractivity contribution in [3.63, 3.8) is 0 Å². The number of hydrogen-bond donors (Lipinski definition) is 0. The van der Waals surface area contributed by atoms with E-state index < -0.39 is 6.10 Å². The van der Waals surface area contributed by atoms with Crippen LogP contribution in [0.1, 0.15) is 367 Å². The fourth-order valence-corrected chi connectivity index (χ4v) is 10.1. The summed E-state index contributed by atoms with van der Waals surface area (Å²) in [4.78, 5) is 38.1. The first-order chi connectivity index (χ1) is 37.0. The number of ether oxygens (including phenoxy) is 3. The minimum atomic E-state index is -0.780. The van der Waals surface area contributed by atoms with Gasteiger partial charge in [-0.15, -0.1) is 0 Å². The van der Waals surface area contributed by atoms with Gasteiger partial charge < -0.3 is 14.2 Å². The van der Waals surface area contributed by atoms with Crippen molar-refractivity contribution < 1.29 is 28.6 Å². The van der Waals surface area contributed by atoms with Gasteiger partial charge >= 0.3 is 17.9 Å². The summed E-state index contributed by atoms with van der Waals surface area (Å²) in [6.07, 6.45) is 79.2. The monoisotopic (exact) mass is 1050 g/mol. The van der Waals surface area contributed by atoms with Gasteiger partial charge in [-0.25, -0.2) is 0 Å². The van der Waals surface area contributed by atoms with E-state index in [-0.39, 0.29) is 31.1 Å². The van der Waals surface area contributed by atoms with Crippen LogP contribution in [0.15, 0.2) is 36.5 Å². The first-order valence-electron chi connectivity index (χ1n) is 33.5. The summed E-state index contributed by atoms with van der Waals surface area (Å²) < 4.78 is 16.8. The molecule has 0 aliphatic carbocycles. The van der Waals surface area contributed by atoms with Gasteiger partial charge in [0.25, 0.3) is 0 Å². The van der Waals surface area contributed by atoms with Gasteiger partial charge in [-0.1, -0.05) is 320 Å². The van der Waals surface area contributed by atoms with Crippen molar-refractivity contribution in [1.29, 1.82) is 0 Å². The molecule has 1 atom stereocenters. The van der Waals surface area contributed by atoms with Crippen molar-refractivity contribution in [3.8, 4) is 0 Å². The standard InChI is InChI=1S/C69H128O6/c1-4-7-10-13-16-19-22-24-25-26-27-28-29-30-31-32-33-34-35-36-37-38-39-40-41-42-43-44-46-47-50-53-56-59-62-68(71)74-65-66(64-73-67(70)61-58-55-52-49-21-18-15-12-9-6-3)75-69(72)63-60-57-54-51-48-45-23-20-17-14-11-8-5-2/h11-12,14-15,20,23,66H,4-10,13,16-19,21-22,24-65H2,1-3H3/b14-11-,15-12-,23-20-. The summed E-state index contributed by atoms with van der Waals surface area (Å²) >= 11 is 0. The third kappa shape index (κ3) is 62.4. The molecular weight excluding hydrogens is 925 g/mol.